The number of carbonyl (C=O) groups is 4. The van der Waals surface area contributed by atoms with E-state index in [9.17, 15) is 19.2 Å². The van der Waals surface area contributed by atoms with Gasteiger partial charge in [0.1, 0.15) is 24.4 Å². The number of Topliss-reactive ketones (excluding diaryl/α,β-unsaturated/α-hetero) is 2. The fourth-order valence-corrected chi connectivity index (χ4v) is 0.736. The van der Waals surface area contributed by atoms with Crippen LogP contribution in [0.3, 0.4) is 0 Å². The molecule has 9 heteroatoms. The van der Waals surface area contributed by atoms with E-state index in [-0.39, 0.29) is 71.5 Å². The Bertz CT molecular complexity index is 340. The van der Waals surface area contributed by atoms with Gasteiger partial charge in [0, 0.05) is 12.2 Å². The minimum Gasteiger partial charge on any atom is -0.499 e. The van der Waals surface area contributed by atoms with Crippen LogP contribution in [-0.4, -0.2) is 59.1 Å². The van der Waals surface area contributed by atoms with E-state index in [0.29, 0.717) is 0 Å². The molecule has 0 unspecified atom stereocenters. The van der Waals surface area contributed by atoms with Gasteiger partial charge in [-0.2, -0.15) is 0 Å². The van der Waals surface area contributed by atoms with Crippen LogP contribution in [0.2, 0.25) is 0 Å². The second-order valence-corrected chi connectivity index (χ2v) is 5.39. The summed E-state index contributed by atoms with van der Waals surface area (Å²) < 4.78 is 8.76. The fraction of sp³-hybridized carbons (Fsp3) is 0.667. The van der Waals surface area contributed by atoms with Crippen LogP contribution >= 0.6 is 0 Å². The first-order valence-electron chi connectivity index (χ1n) is 8.04. The Morgan fingerprint density at radius 1 is 0.741 bits per heavy atom. The zero-order valence-electron chi connectivity index (χ0n) is 17.2. The van der Waals surface area contributed by atoms with Crippen LogP contribution in [0.25, 0.3) is 0 Å². The molecule has 8 nitrogen and oxygen atoms in total. The van der Waals surface area contributed by atoms with Gasteiger partial charge in [-0.1, -0.05) is 0 Å². The summed E-state index contributed by atoms with van der Waals surface area (Å²) in [7, 11) is 0. The molecule has 0 fully saturated rings. The van der Waals surface area contributed by atoms with Crippen LogP contribution in [0, 0.1) is 13.8 Å². The van der Waals surface area contributed by atoms with Crippen LogP contribution in [0.1, 0.15) is 54.4 Å². The van der Waals surface area contributed by atoms with Crippen LogP contribution in [-0.2, 0) is 50.4 Å². The Morgan fingerprint density at radius 2 is 0.926 bits per heavy atom. The normalized spacial score (nSPS) is 8.44. The summed E-state index contributed by atoms with van der Waals surface area (Å²) in [5, 5.41) is 16.1. The molecule has 0 aliphatic carbocycles. The quantitative estimate of drug-likeness (QED) is 0.283. The van der Waals surface area contributed by atoms with Crippen LogP contribution in [0.4, 0.5) is 0 Å². The maximum absolute atomic E-state index is 10.4. The number of aliphatic hydroxyl groups is 2. The third kappa shape index (κ3) is 78.4. The van der Waals surface area contributed by atoms with Crippen molar-refractivity contribution in [3.8, 4) is 0 Å². The molecule has 0 aromatic carbocycles. The third-order valence-corrected chi connectivity index (χ3v) is 1.31. The number of hydrogen-bond acceptors (Lipinski definition) is 8. The minimum atomic E-state index is -0.502. The zero-order valence-corrected chi connectivity index (χ0v) is 18.8. The predicted molar refractivity (Wildman–Crippen MR) is 97.9 cm³/mol. The monoisotopic (exact) mass is 426 g/mol. The number of hydrogen-bond donors (Lipinski definition) is 2. The molecular weight excluding hydrogens is 392 g/mol. The Hall–Kier alpha value is -1.09. The van der Waals surface area contributed by atoms with Gasteiger partial charge in [0.05, 0.1) is 0 Å². The van der Waals surface area contributed by atoms with Gasteiger partial charge in [0.2, 0.25) is 0 Å². The van der Waals surface area contributed by atoms with Crippen molar-refractivity contribution >= 4 is 23.5 Å². The van der Waals surface area contributed by atoms with Gasteiger partial charge in [0.25, 0.3) is 0 Å². The van der Waals surface area contributed by atoms with Gasteiger partial charge in [-0.15, -0.1) is 0 Å². The van der Waals surface area contributed by atoms with Crippen molar-refractivity contribution in [2.24, 2.45) is 0 Å². The Labute approximate surface area is 177 Å². The van der Waals surface area contributed by atoms with Gasteiger partial charge in [-0.05, 0) is 54.8 Å². The minimum absolute atomic E-state index is 0. The number of carbonyl (C=O) groups excluding carboxylic acids is 4. The van der Waals surface area contributed by atoms with Gasteiger partial charge >= 0.3 is 33.7 Å². The summed E-state index contributed by atoms with van der Waals surface area (Å²) in [5.74, 6) is -1.38. The molecule has 0 saturated carbocycles. The first kappa shape index (κ1) is 36.8. The first-order chi connectivity index (χ1) is 11.8. The summed E-state index contributed by atoms with van der Waals surface area (Å²) in [6.45, 7) is 16.3. The zero-order chi connectivity index (χ0) is 21.7. The molecule has 158 valence electrons. The van der Waals surface area contributed by atoms with Crippen molar-refractivity contribution in [2.45, 2.75) is 66.6 Å². The van der Waals surface area contributed by atoms with Crippen LogP contribution in [0.15, 0.2) is 0 Å². The average molecular weight is 426 g/mol. The molecule has 0 saturated heterocycles. The van der Waals surface area contributed by atoms with E-state index in [2.05, 4.69) is 23.3 Å². The van der Waals surface area contributed by atoms with Crippen molar-refractivity contribution in [1.82, 2.24) is 0 Å². The van der Waals surface area contributed by atoms with Crippen molar-refractivity contribution in [2.75, 3.05) is 13.2 Å². The summed E-state index contributed by atoms with van der Waals surface area (Å²) >= 11 is 0. The van der Waals surface area contributed by atoms with E-state index in [1.54, 1.807) is 27.7 Å². The standard InChI is InChI=1S/2C6H9O3.2C3H8O.Ti/c2*1-3-9-6(8)4-5(2)7;2*1-3(2)4;/h2*1,3-4H2,2H3;2*3-4H,1-2H3;/q2*-1;;;+2. The van der Waals surface area contributed by atoms with Gasteiger partial charge in [-0.3, -0.25) is 19.2 Å². The topological polar surface area (TPSA) is 127 Å². The molecule has 2 N–H and O–H groups in total. The number of aliphatic hydroxyl groups excluding tert-OH is 2. The molecule has 0 aromatic heterocycles. The summed E-state index contributed by atoms with van der Waals surface area (Å²) in [6, 6.07) is 0. The molecule has 0 aliphatic rings. The maximum Gasteiger partial charge on any atom is 2.00 e. The molecule has 0 amide bonds. The van der Waals surface area contributed by atoms with E-state index < -0.39 is 11.9 Å². The average Bonchev–Trinajstić information content (AvgIpc) is 2.36. The Kier molecular flexibility index (Phi) is 37.0. The van der Waals surface area contributed by atoms with Crippen molar-refractivity contribution in [3.63, 3.8) is 0 Å². The SMILES string of the molecule is CC(C)O.CC(C)O.[CH2-]COC(=O)CC(C)=O.[CH2-]COC(=O)CC(C)=O.[Ti+2]. The summed E-state index contributed by atoms with van der Waals surface area (Å²) in [4.78, 5) is 41.2. The maximum atomic E-state index is 10.4. The third-order valence-electron chi connectivity index (χ3n) is 1.31. The van der Waals surface area contributed by atoms with Gasteiger partial charge in [-0.25, -0.2) is 0 Å². The molecule has 0 heterocycles. The van der Waals surface area contributed by atoms with E-state index >= 15 is 0 Å². The van der Waals surface area contributed by atoms with E-state index in [1.165, 1.54) is 13.8 Å². The molecule has 27 heavy (non-hydrogen) atoms. The molecule has 0 bridgehead atoms. The van der Waals surface area contributed by atoms with Gasteiger partial charge in [0.15, 0.2) is 0 Å². The molecule has 0 aliphatic heterocycles. The van der Waals surface area contributed by atoms with Crippen molar-refractivity contribution in [3.05, 3.63) is 13.8 Å². The summed E-state index contributed by atoms with van der Waals surface area (Å²) in [6.07, 6.45) is -0.620. The van der Waals surface area contributed by atoms with Crippen LogP contribution in [0.5, 0.6) is 0 Å². The smallest absolute Gasteiger partial charge is 0.499 e. The largest absolute Gasteiger partial charge is 2.00 e. The van der Waals surface area contributed by atoms with E-state index in [0.717, 1.165) is 0 Å². The Balaban J connectivity index is -0.0000000843. The second-order valence-electron chi connectivity index (χ2n) is 5.39. The molecule has 0 spiro atoms. The van der Waals surface area contributed by atoms with E-state index in [4.69, 9.17) is 10.2 Å². The van der Waals surface area contributed by atoms with E-state index in [1.807, 2.05) is 0 Å². The number of rotatable bonds is 6. The number of ketones is 2. The Morgan fingerprint density at radius 3 is 1.04 bits per heavy atom. The van der Waals surface area contributed by atoms with Gasteiger partial charge < -0.3 is 33.5 Å². The number of ether oxygens (including phenoxy) is 2. The predicted octanol–water partition coefficient (Wildman–Crippen LogP) is 1.46. The molecular formula is C18H34O8Ti. The van der Waals surface area contributed by atoms with Crippen LogP contribution < -0.4 is 0 Å². The summed E-state index contributed by atoms with van der Waals surface area (Å²) in [5.41, 5.74) is 0. The van der Waals surface area contributed by atoms with Crippen molar-refractivity contribution < 1.29 is 60.6 Å². The first-order valence-corrected chi connectivity index (χ1v) is 8.04. The fourth-order valence-electron chi connectivity index (χ4n) is 0.736. The molecule has 0 aromatic rings. The molecule has 0 rings (SSSR count). The second kappa shape index (κ2) is 27.1. The van der Waals surface area contributed by atoms with Crippen molar-refractivity contribution in [1.29, 1.82) is 0 Å². The molecule has 0 radical (unpaired) electrons. The number of esters is 2. The molecule has 0 atom stereocenters.